The van der Waals surface area contributed by atoms with Gasteiger partial charge in [-0.25, -0.2) is 0 Å². The number of amides is 1. The molecule has 3 N–H and O–H groups in total. The molecule has 0 aliphatic heterocycles. The number of rotatable bonds is 42. The van der Waals surface area contributed by atoms with Crippen LogP contribution in [0.4, 0.5) is 0 Å². The number of hydrogen-bond donors (Lipinski definition) is 3. The lowest BCUT2D eigenvalue weighted by Gasteiger charge is -2.24. The normalized spacial score (nSPS) is 13.8. The molecule has 0 aliphatic rings. The number of unbranched alkanes of at least 4 members (excludes halogenated alkanes) is 21. The van der Waals surface area contributed by atoms with E-state index in [1.54, 1.807) is 0 Å². The maximum absolute atomic E-state index is 13.1. The highest BCUT2D eigenvalue weighted by Crippen LogP contribution is 2.17. The molecule has 0 rings (SSSR count). The van der Waals surface area contributed by atoms with Gasteiger partial charge in [-0.2, -0.15) is 0 Å². The second-order valence-electron chi connectivity index (χ2n) is 16.2. The van der Waals surface area contributed by atoms with Gasteiger partial charge in [-0.3, -0.25) is 9.59 Å². The Bertz CT molecular complexity index is 1030. The minimum Gasteiger partial charge on any atom is -0.462 e. The first-order valence-electron chi connectivity index (χ1n) is 24.0. The van der Waals surface area contributed by atoms with Crippen molar-refractivity contribution in [3.63, 3.8) is 0 Å². The molecule has 0 heterocycles. The fourth-order valence-corrected chi connectivity index (χ4v) is 6.96. The van der Waals surface area contributed by atoms with Crippen molar-refractivity contribution in [2.24, 2.45) is 0 Å². The molecule has 0 aromatic carbocycles. The third-order valence-corrected chi connectivity index (χ3v) is 10.6. The molecular formula is C51H91NO5. The third kappa shape index (κ3) is 40.1. The highest BCUT2D eigenvalue weighted by atomic mass is 16.5. The summed E-state index contributed by atoms with van der Waals surface area (Å²) in [6.07, 6.45) is 54.2. The van der Waals surface area contributed by atoms with Crippen molar-refractivity contribution >= 4 is 11.9 Å². The number of nitrogens with one attached hydrogen (secondary N) is 1. The van der Waals surface area contributed by atoms with Gasteiger partial charge in [0.05, 0.1) is 25.2 Å². The van der Waals surface area contributed by atoms with Crippen LogP contribution in [-0.2, 0) is 14.3 Å². The summed E-state index contributed by atoms with van der Waals surface area (Å²) in [7, 11) is 0. The van der Waals surface area contributed by atoms with Crippen LogP contribution >= 0.6 is 0 Å². The van der Waals surface area contributed by atoms with Crippen LogP contribution in [0, 0.1) is 0 Å². The van der Waals surface area contributed by atoms with Crippen LogP contribution in [0.15, 0.2) is 60.8 Å². The van der Waals surface area contributed by atoms with E-state index in [-0.39, 0.29) is 24.9 Å². The van der Waals surface area contributed by atoms with Gasteiger partial charge >= 0.3 is 5.97 Å². The number of carbonyl (C=O) groups excluding carboxylic acids is 2. The van der Waals surface area contributed by atoms with Crippen molar-refractivity contribution in [1.82, 2.24) is 5.32 Å². The van der Waals surface area contributed by atoms with E-state index in [1.165, 1.54) is 96.3 Å². The fraction of sp³-hybridized carbons (Fsp3) is 0.765. The summed E-state index contributed by atoms with van der Waals surface area (Å²) in [6.45, 7) is 6.31. The number of carbonyl (C=O) groups is 2. The van der Waals surface area contributed by atoms with Crippen LogP contribution in [0.3, 0.4) is 0 Å². The molecular weight excluding hydrogens is 707 g/mol. The Morgan fingerprint density at radius 1 is 0.544 bits per heavy atom. The molecule has 3 unspecified atom stereocenters. The monoisotopic (exact) mass is 798 g/mol. The van der Waals surface area contributed by atoms with Crippen molar-refractivity contribution in [2.45, 2.75) is 244 Å². The lowest BCUT2D eigenvalue weighted by atomic mass is 10.0. The number of aliphatic hydroxyl groups is 2. The van der Waals surface area contributed by atoms with Gasteiger partial charge in [0.25, 0.3) is 0 Å². The largest absolute Gasteiger partial charge is 0.462 e. The first-order chi connectivity index (χ1) is 28.0. The van der Waals surface area contributed by atoms with Gasteiger partial charge in [-0.05, 0) is 83.5 Å². The first-order valence-corrected chi connectivity index (χ1v) is 24.0. The van der Waals surface area contributed by atoms with Crippen LogP contribution in [0.5, 0.6) is 0 Å². The Hall–Kier alpha value is -2.44. The Kier molecular flexibility index (Phi) is 42.7. The number of allylic oxidation sites excluding steroid dienone is 10. The minimum atomic E-state index is -0.799. The molecule has 330 valence electrons. The molecule has 0 aromatic rings. The summed E-state index contributed by atoms with van der Waals surface area (Å²) in [5.41, 5.74) is 0. The Morgan fingerprint density at radius 3 is 1.60 bits per heavy atom. The molecule has 6 heteroatoms. The van der Waals surface area contributed by atoms with E-state index in [2.05, 4.69) is 86.8 Å². The van der Waals surface area contributed by atoms with E-state index < -0.39 is 18.2 Å². The van der Waals surface area contributed by atoms with Crippen molar-refractivity contribution in [3.8, 4) is 0 Å². The zero-order valence-corrected chi connectivity index (χ0v) is 37.5. The van der Waals surface area contributed by atoms with Crippen molar-refractivity contribution in [3.05, 3.63) is 60.8 Å². The lowest BCUT2D eigenvalue weighted by molar-refractivity contribution is -0.151. The number of esters is 1. The Labute approximate surface area is 352 Å². The van der Waals surface area contributed by atoms with E-state index >= 15 is 0 Å². The summed E-state index contributed by atoms with van der Waals surface area (Å²) in [4.78, 5) is 26.0. The van der Waals surface area contributed by atoms with Crippen molar-refractivity contribution in [2.75, 3.05) is 6.61 Å². The lowest BCUT2D eigenvalue weighted by Crippen LogP contribution is -2.46. The average Bonchev–Trinajstić information content (AvgIpc) is 3.20. The van der Waals surface area contributed by atoms with Gasteiger partial charge in [-0.1, -0.05) is 191 Å². The molecule has 0 aliphatic carbocycles. The summed E-state index contributed by atoms with van der Waals surface area (Å²) in [5.74, 6) is -0.528. The van der Waals surface area contributed by atoms with Crippen LogP contribution in [0.1, 0.15) is 226 Å². The van der Waals surface area contributed by atoms with Gasteiger partial charge in [0, 0.05) is 6.42 Å². The predicted octanol–water partition coefficient (Wildman–Crippen LogP) is 14.1. The maximum Gasteiger partial charge on any atom is 0.306 e. The molecule has 0 spiro atoms. The third-order valence-electron chi connectivity index (χ3n) is 10.6. The predicted molar refractivity (Wildman–Crippen MR) is 245 cm³/mol. The van der Waals surface area contributed by atoms with Crippen LogP contribution in [0.25, 0.3) is 0 Å². The van der Waals surface area contributed by atoms with E-state index in [4.69, 9.17) is 4.74 Å². The molecule has 0 bridgehead atoms. The Balaban J connectivity index is 4.65. The minimum absolute atomic E-state index is 0.0452. The first kappa shape index (κ1) is 54.6. The summed E-state index contributed by atoms with van der Waals surface area (Å²) >= 11 is 0. The number of hydrogen-bond acceptors (Lipinski definition) is 5. The van der Waals surface area contributed by atoms with Crippen LogP contribution < -0.4 is 5.32 Å². The highest BCUT2D eigenvalue weighted by molar-refractivity contribution is 5.77. The molecule has 0 aromatic heterocycles. The van der Waals surface area contributed by atoms with Gasteiger partial charge in [-0.15, -0.1) is 0 Å². The molecule has 57 heavy (non-hydrogen) atoms. The number of aliphatic hydroxyl groups excluding tert-OH is 2. The topological polar surface area (TPSA) is 95.9 Å². The average molecular weight is 798 g/mol. The van der Waals surface area contributed by atoms with Crippen LogP contribution in [-0.4, -0.2) is 46.9 Å². The molecule has 0 saturated heterocycles. The summed E-state index contributed by atoms with van der Waals surface area (Å²) < 4.78 is 5.89. The van der Waals surface area contributed by atoms with Gasteiger partial charge in [0.1, 0.15) is 6.10 Å². The van der Waals surface area contributed by atoms with Gasteiger partial charge in [0.15, 0.2) is 0 Å². The van der Waals surface area contributed by atoms with Crippen molar-refractivity contribution in [1.29, 1.82) is 0 Å². The molecule has 1 amide bonds. The standard InChI is InChI=1S/C51H91NO5/c1-4-7-10-13-16-19-22-24-25-26-29-32-35-38-41-44-51(56)57-47(42-39-36-33-30-28-23-20-17-14-11-8-5-2)45-50(55)52-48(46-53)49(54)43-40-37-34-31-27-21-18-15-12-9-6-3/h8,11,16-17,19-20,22,24,28,30,47-49,53-54H,4-7,9-10,12-15,18,21,23,25-27,29,31-46H2,1-3H3,(H,52,55)/b11-8+,19-16+,20-17+,24-22+,30-28+. The zero-order chi connectivity index (χ0) is 41.7. The summed E-state index contributed by atoms with van der Waals surface area (Å²) in [5, 5.41) is 23.6. The SMILES string of the molecule is CC/C=C/C/C=C/C/C=C/CCCCC(CC(=O)NC(CO)C(O)CCCCCCCCCCCCC)OC(=O)CCCCCCCC/C=C/C=C/CCCCC. The molecule has 3 atom stereocenters. The second-order valence-corrected chi connectivity index (χ2v) is 16.2. The van der Waals surface area contributed by atoms with Crippen LogP contribution in [0.2, 0.25) is 0 Å². The second kappa shape index (κ2) is 44.7. The maximum atomic E-state index is 13.1. The van der Waals surface area contributed by atoms with Crippen molar-refractivity contribution < 1.29 is 24.5 Å². The molecule has 0 radical (unpaired) electrons. The van der Waals surface area contributed by atoms with E-state index in [0.717, 1.165) is 83.5 Å². The van der Waals surface area contributed by atoms with E-state index in [9.17, 15) is 19.8 Å². The highest BCUT2D eigenvalue weighted by Gasteiger charge is 2.24. The molecule has 0 fully saturated rings. The zero-order valence-electron chi connectivity index (χ0n) is 37.5. The summed E-state index contributed by atoms with van der Waals surface area (Å²) in [6, 6.07) is -0.716. The smallest absolute Gasteiger partial charge is 0.306 e. The van der Waals surface area contributed by atoms with Gasteiger partial charge in [0.2, 0.25) is 5.91 Å². The fourth-order valence-electron chi connectivity index (χ4n) is 6.96. The number of ether oxygens (including phenoxy) is 1. The molecule has 6 nitrogen and oxygen atoms in total. The quantitative estimate of drug-likeness (QED) is 0.0247. The van der Waals surface area contributed by atoms with E-state index in [0.29, 0.717) is 19.3 Å². The molecule has 0 saturated carbocycles. The Morgan fingerprint density at radius 2 is 1.00 bits per heavy atom. The van der Waals surface area contributed by atoms with E-state index in [1.807, 2.05) is 0 Å². The van der Waals surface area contributed by atoms with Gasteiger partial charge < -0.3 is 20.3 Å².